The van der Waals surface area contributed by atoms with Crippen molar-refractivity contribution in [3.05, 3.63) is 70.3 Å². The van der Waals surface area contributed by atoms with E-state index in [0.717, 1.165) is 26.5 Å². The van der Waals surface area contributed by atoms with Crippen molar-refractivity contribution in [2.24, 2.45) is 5.10 Å². The normalized spacial score (nSPS) is 11.1. The molecular formula is C17H14BrN3O. The van der Waals surface area contributed by atoms with Crippen molar-refractivity contribution in [2.75, 3.05) is 0 Å². The number of aromatic amines is 1. The summed E-state index contributed by atoms with van der Waals surface area (Å²) in [6.07, 6.45) is 3.77. The summed E-state index contributed by atoms with van der Waals surface area (Å²) in [5, 5.41) is 5.06. The van der Waals surface area contributed by atoms with Gasteiger partial charge in [-0.2, -0.15) is 5.10 Å². The van der Waals surface area contributed by atoms with Crippen LogP contribution in [-0.2, 0) is 11.2 Å². The van der Waals surface area contributed by atoms with Gasteiger partial charge in [-0.3, -0.25) is 4.79 Å². The number of amides is 1. The number of hydrogen-bond donors (Lipinski definition) is 2. The number of benzene rings is 2. The zero-order valence-electron chi connectivity index (χ0n) is 11.7. The summed E-state index contributed by atoms with van der Waals surface area (Å²) in [6, 6.07) is 15.6. The Labute approximate surface area is 136 Å². The number of aromatic nitrogens is 1. The second-order valence-electron chi connectivity index (χ2n) is 4.85. The monoisotopic (exact) mass is 355 g/mol. The van der Waals surface area contributed by atoms with E-state index in [0.29, 0.717) is 0 Å². The SMILES string of the molecule is O=C(Cc1c[nH]c2ccccc12)NN=Cc1ccccc1Br. The predicted octanol–water partition coefficient (Wildman–Crippen LogP) is 3.62. The van der Waals surface area contributed by atoms with Gasteiger partial charge in [-0.1, -0.05) is 52.3 Å². The van der Waals surface area contributed by atoms with Crippen molar-refractivity contribution in [1.29, 1.82) is 0 Å². The van der Waals surface area contributed by atoms with Gasteiger partial charge in [-0.05, 0) is 17.7 Å². The Morgan fingerprint density at radius 2 is 1.95 bits per heavy atom. The van der Waals surface area contributed by atoms with E-state index in [1.807, 2.05) is 54.7 Å². The number of fused-ring (bicyclic) bond motifs is 1. The summed E-state index contributed by atoms with van der Waals surface area (Å²) in [5.74, 6) is -0.145. The van der Waals surface area contributed by atoms with Crippen molar-refractivity contribution >= 4 is 39.0 Å². The van der Waals surface area contributed by atoms with Gasteiger partial charge >= 0.3 is 0 Å². The zero-order chi connectivity index (χ0) is 15.4. The Morgan fingerprint density at radius 1 is 1.18 bits per heavy atom. The number of H-pyrrole nitrogens is 1. The summed E-state index contributed by atoms with van der Waals surface area (Å²) < 4.78 is 0.935. The van der Waals surface area contributed by atoms with Crippen LogP contribution in [0.3, 0.4) is 0 Å². The lowest BCUT2D eigenvalue weighted by Crippen LogP contribution is -2.19. The predicted molar refractivity (Wildman–Crippen MR) is 91.9 cm³/mol. The molecular weight excluding hydrogens is 342 g/mol. The molecule has 0 saturated heterocycles. The smallest absolute Gasteiger partial charge is 0.244 e. The minimum absolute atomic E-state index is 0.145. The van der Waals surface area contributed by atoms with Crippen molar-refractivity contribution < 1.29 is 4.79 Å². The molecule has 0 fully saturated rings. The number of hydrazone groups is 1. The van der Waals surface area contributed by atoms with E-state index in [2.05, 4.69) is 31.4 Å². The van der Waals surface area contributed by atoms with E-state index in [-0.39, 0.29) is 12.3 Å². The molecule has 0 aliphatic carbocycles. The lowest BCUT2D eigenvalue weighted by molar-refractivity contribution is -0.120. The first-order chi connectivity index (χ1) is 10.7. The Balaban J connectivity index is 1.65. The van der Waals surface area contributed by atoms with Gasteiger partial charge in [0.25, 0.3) is 0 Å². The number of carbonyl (C=O) groups excluding carboxylic acids is 1. The fraction of sp³-hybridized carbons (Fsp3) is 0.0588. The molecule has 3 rings (SSSR count). The fourth-order valence-electron chi connectivity index (χ4n) is 2.24. The summed E-state index contributed by atoms with van der Waals surface area (Å²) in [6.45, 7) is 0. The topological polar surface area (TPSA) is 57.2 Å². The van der Waals surface area contributed by atoms with Gasteiger partial charge in [-0.25, -0.2) is 5.43 Å². The molecule has 0 spiro atoms. The van der Waals surface area contributed by atoms with Crippen LogP contribution in [-0.4, -0.2) is 17.1 Å². The molecule has 2 aromatic carbocycles. The summed E-state index contributed by atoms with van der Waals surface area (Å²) in [5.41, 5.74) is 5.46. The highest BCUT2D eigenvalue weighted by Crippen LogP contribution is 2.18. The third-order valence-corrected chi connectivity index (χ3v) is 4.05. The molecule has 0 atom stereocenters. The Hall–Kier alpha value is -2.40. The molecule has 3 aromatic rings. The lowest BCUT2D eigenvalue weighted by atomic mass is 10.1. The van der Waals surface area contributed by atoms with Crippen LogP contribution in [0.5, 0.6) is 0 Å². The van der Waals surface area contributed by atoms with Gasteiger partial charge < -0.3 is 4.98 Å². The standard InChI is InChI=1S/C17H14BrN3O/c18-15-7-3-1-5-12(15)11-20-21-17(22)9-13-10-19-16-8-4-2-6-14(13)16/h1-8,10-11,19H,9H2,(H,21,22). The molecule has 110 valence electrons. The Kier molecular flexibility index (Phi) is 4.34. The van der Waals surface area contributed by atoms with Gasteiger partial charge in [0.1, 0.15) is 0 Å². The van der Waals surface area contributed by atoms with E-state index < -0.39 is 0 Å². The molecule has 1 aromatic heterocycles. The van der Waals surface area contributed by atoms with Crippen molar-refractivity contribution in [2.45, 2.75) is 6.42 Å². The highest BCUT2D eigenvalue weighted by atomic mass is 79.9. The summed E-state index contributed by atoms with van der Waals surface area (Å²) >= 11 is 3.43. The maximum absolute atomic E-state index is 12.0. The van der Waals surface area contributed by atoms with Crippen molar-refractivity contribution in [1.82, 2.24) is 10.4 Å². The van der Waals surface area contributed by atoms with E-state index in [4.69, 9.17) is 0 Å². The van der Waals surface area contributed by atoms with Crippen molar-refractivity contribution in [3.8, 4) is 0 Å². The quantitative estimate of drug-likeness (QED) is 0.544. The second kappa shape index (κ2) is 6.58. The highest BCUT2D eigenvalue weighted by molar-refractivity contribution is 9.10. The van der Waals surface area contributed by atoms with Crippen LogP contribution in [0.4, 0.5) is 0 Å². The third kappa shape index (κ3) is 3.26. The minimum atomic E-state index is -0.145. The molecule has 0 unspecified atom stereocenters. The molecule has 2 N–H and O–H groups in total. The third-order valence-electron chi connectivity index (χ3n) is 3.32. The number of para-hydroxylation sites is 1. The number of carbonyl (C=O) groups is 1. The number of rotatable bonds is 4. The maximum Gasteiger partial charge on any atom is 0.244 e. The molecule has 0 bridgehead atoms. The van der Waals surface area contributed by atoms with Crippen LogP contribution in [0, 0.1) is 0 Å². The molecule has 1 amide bonds. The van der Waals surface area contributed by atoms with Crippen LogP contribution in [0.15, 0.2) is 64.3 Å². The van der Waals surface area contributed by atoms with Gasteiger partial charge in [0.2, 0.25) is 5.91 Å². The van der Waals surface area contributed by atoms with E-state index >= 15 is 0 Å². The zero-order valence-corrected chi connectivity index (χ0v) is 13.3. The van der Waals surface area contributed by atoms with Gasteiger partial charge in [0.05, 0.1) is 12.6 Å². The average molecular weight is 356 g/mol. The van der Waals surface area contributed by atoms with Gasteiger partial charge in [0.15, 0.2) is 0 Å². The lowest BCUT2D eigenvalue weighted by Gasteiger charge is -2.00. The molecule has 22 heavy (non-hydrogen) atoms. The number of hydrogen-bond acceptors (Lipinski definition) is 2. The first kappa shape index (κ1) is 14.5. The van der Waals surface area contributed by atoms with E-state index in [1.165, 1.54) is 0 Å². The molecule has 0 aliphatic rings. The summed E-state index contributed by atoms with van der Waals surface area (Å²) in [7, 11) is 0. The molecule has 0 radical (unpaired) electrons. The fourth-order valence-corrected chi connectivity index (χ4v) is 2.63. The van der Waals surface area contributed by atoms with Crippen LogP contribution in [0.2, 0.25) is 0 Å². The van der Waals surface area contributed by atoms with Gasteiger partial charge in [0, 0.05) is 27.1 Å². The van der Waals surface area contributed by atoms with Crippen molar-refractivity contribution in [3.63, 3.8) is 0 Å². The molecule has 1 heterocycles. The molecule has 4 nitrogen and oxygen atoms in total. The maximum atomic E-state index is 12.0. The van der Waals surface area contributed by atoms with Crippen LogP contribution in [0.1, 0.15) is 11.1 Å². The Morgan fingerprint density at radius 3 is 2.82 bits per heavy atom. The first-order valence-corrected chi connectivity index (χ1v) is 7.65. The number of nitrogens with zero attached hydrogens (tertiary/aromatic N) is 1. The van der Waals surface area contributed by atoms with E-state index in [9.17, 15) is 4.79 Å². The first-order valence-electron chi connectivity index (χ1n) is 6.85. The largest absolute Gasteiger partial charge is 0.361 e. The molecule has 0 aliphatic heterocycles. The van der Waals surface area contributed by atoms with Gasteiger partial charge in [-0.15, -0.1) is 0 Å². The average Bonchev–Trinajstić information content (AvgIpc) is 2.92. The number of halogens is 1. The van der Waals surface area contributed by atoms with E-state index in [1.54, 1.807) is 6.21 Å². The molecule has 0 saturated carbocycles. The summed E-state index contributed by atoms with van der Waals surface area (Å²) in [4.78, 5) is 15.1. The minimum Gasteiger partial charge on any atom is -0.361 e. The Bertz CT molecular complexity index is 839. The number of nitrogens with one attached hydrogen (secondary N) is 2. The van der Waals surface area contributed by atoms with Crippen LogP contribution < -0.4 is 5.43 Å². The second-order valence-corrected chi connectivity index (χ2v) is 5.71. The van der Waals surface area contributed by atoms with Crippen LogP contribution in [0.25, 0.3) is 10.9 Å². The highest BCUT2D eigenvalue weighted by Gasteiger charge is 2.07. The van der Waals surface area contributed by atoms with Crippen LogP contribution >= 0.6 is 15.9 Å². The molecule has 5 heteroatoms.